The van der Waals surface area contributed by atoms with Gasteiger partial charge in [0.05, 0.1) is 0 Å². The van der Waals surface area contributed by atoms with Crippen LogP contribution < -0.4 is 0 Å². The summed E-state index contributed by atoms with van der Waals surface area (Å²) in [6, 6.07) is 8.56. The number of hydrogen-bond acceptors (Lipinski definition) is 0. The van der Waals surface area contributed by atoms with Crippen LogP contribution in [0.1, 0.15) is 37.8 Å². The molecule has 0 radical (unpaired) electrons. The first-order valence-electron chi connectivity index (χ1n) is 5.50. The van der Waals surface area contributed by atoms with Gasteiger partial charge in [-0.1, -0.05) is 35.9 Å². The van der Waals surface area contributed by atoms with E-state index in [4.69, 9.17) is 0 Å². The summed E-state index contributed by atoms with van der Waals surface area (Å²) >= 11 is 0. The lowest BCUT2D eigenvalue weighted by Crippen LogP contribution is -1.89. The van der Waals surface area contributed by atoms with E-state index < -0.39 is 0 Å². The summed E-state index contributed by atoms with van der Waals surface area (Å²) in [6.07, 6.45) is 4.38. The average molecular weight is 200 g/mol. The van der Waals surface area contributed by atoms with Gasteiger partial charge in [-0.25, -0.2) is 0 Å². The van der Waals surface area contributed by atoms with E-state index in [0.717, 1.165) is 12.8 Å². The Morgan fingerprint density at radius 1 is 1.27 bits per heavy atom. The second-order valence-corrected chi connectivity index (χ2v) is 4.09. The van der Waals surface area contributed by atoms with Gasteiger partial charge in [-0.15, -0.1) is 6.58 Å². The van der Waals surface area contributed by atoms with Gasteiger partial charge in [0.25, 0.3) is 0 Å². The molecule has 0 nitrogen and oxygen atoms in total. The van der Waals surface area contributed by atoms with Crippen molar-refractivity contribution in [2.24, 2.45) is 0 Å². The van der Waals surface area contributed by atoms with Crippen molar-refractivity contribution in [2.75, 3.05) is 0 Å². The molecule has 1 rings (SSSR count). The predicted molar refractivity (Wildman–Crippen MR) is 68.9 cm³/mol. The van der Waals surface area contributed by atoms with E-state index in [0.29, 0.717) is 0 Å². The minimum Gasteiger partial charge on any atom is -0.100 e. The summed E-state index contributed by atoms with van der Waals surface area (Å²) in [6.45, 7) is 10.3. The Bertz CT molecular complexity index is 369. The molecule has 0 unspecified atom stereocenters. The number of allylic oxidation sites excluding steroid dienone is 3. The lowest BCUT2D eigenvalue weighted by atomic mass is 9.95. The maximum Gasteiger partial charge on any atom is -0.0198 e. The summed E-state index contributed by atoms with van der Waals surface area (Å²) in [4.78, 5) is 0. The molecule has 0 atom stereocenters. The van der Waals surface area contributed by atoms with Crippen LogP contribution in [-0.4, -0.2) is 0 Å². The smallest absolute Gasteiger partial charge is 0.0198 e. The third kappa shape index (κ3) is 3.39. The monoisotopic (exact) mass is 200 g/mol. The fraction of sp³-hybridized carbons (Fsp3) is 0.333. The van der Waals surface area contributed by atoms with Crippen LogP contribution in [0, 0.1) is 6.92 Å². The summed E-state index contributed by atoms with van der Waals surface area (Å²) in [5, 5.41) is 0. The predicted octanol–water partition coefficient (Wildman–Crippen LogP) is 4.75. The van der Waals surface area contributed by atoms with Crippen molar-refractivity contribution < 1.29 is 0 Å². The maximum absolute atomic E-state index is 3.95. The van der Waals surface area contributed by atoms with Crippen LogP contribution in [0.3, 0.4) is 0 Å². The molecule has 0 heterocycles. The van der Waals surface area contributed by atoms with Crippen LogP contribution >= 0.6 is 0 Å². The standard InChI is InChI=1S/C15H20/c1-5-14(11-10-12(2)3)15-9-7-6-8-13(15)4/h5-9H,2,10-11H2,1,3-4H3. The lowest BCUT2D eigenvalue weighted by Gasteiger charge is -2.10. The van der Waals surface area contributed by atoms with Gasteiger partial charge in [0, 0.05) is 0 Å². The van der Waals surface area contributed by atoms with Crippen molar-refractivity contribution in [3.8, 4) is 0 Å². The van der Waals surface area contributed by atoms with Crippen molar-refractivity contribution in [3.05, 3.63) is 53.6 Å². The van der Waals surface area contributed by atoms with Crippen LogP contribution in [0.15, 0.2) is 42.5 Å². The van der Waals surface area contributed by atoms with E-state index in [1.54, 1.807) is 0 Å². The van der Waals surface area contributed by atoms with Crippen molar-refractivity contribution in [1.29, 1.82) is 0 Å². The van der Waals surface area contributed by atoms with Crippen LogP contribution in [0.4, 0.5) is 0 Å². The molecule has 15 heavy (non-hydrogen) atoms. The van der Waals surface area contributed by atoms with Gasteiger partial charge >= 0.3 is 0 Å². The number of benzene rings is 1. The zero-order valence-electron chi connectivity index (χ0n) is 10.0. The summed E-state index contributed by atoms with van der Waals surface area (Å²) < 4.78 is 0. The van der Waals surface area contributed by atoms with E-state index in [2.05, 4.69) is 57.7 Å². The molecule has 0 aliphatic heterocycles. The molecule has 1 aromatic rings. The van der Waals surface area contributed by atoms with E-state index >= 15 is 0 Å². The van der Waals surface area contributed by atoms with E-state index in [-0.39, 0.29) is 0 Å². The Labute approximate surface area is 93.3 Å². The second-order valence-electron chi connectivity index (χ2n) is 4.09. The molecule has 0 saturated carbocycles. The first-order chi connectivity index (χ1) is 7.15. The van der Waals surface area contributed by atoms with Crippen LogP contribution in [0.2, 0.25) is 0 Å². The SMILES string of the molecule is C=C(C)CCC(=CC)c1ccccc1C. The third-order valence-corrected chi connectivity index (χ3v) is 2.66. The van der Waals surface area contributed by atoms with Gasteiger partial charge in [0.2, 0.25) is 0 Å². The lowest BCUT2D eigenvalue weighted by molar-refractivity contribution is 0.994. The summed E-state index contributed by atoms with van der Waals surface area (Å²) in [5.74, 6) is 0. The molecule has 1 aromatic carbocycles. The van der Waals surface area contributed by atoms with E-state index in [1.165, 1.54) is 22.3 Å². The molecular formula is C15H20. The minimum absolute atomic E-state index is 1.08. The molecule has 0 aliphatic rings. The first-order valence-corrected chi connectivity index (χ1v) is 5.50. The Hall–Kier alpha value is -1.30. The molecule has 0 amide bonds. The highest BCUT2D eigenvalue weighted by Crippen LogP contribution is 2.24. The van der Waals surface area contributed by atoms with Gasteiger partial charge in [-0.3, -0.25) is 0 Å². The Morgan fingerprint density at radius 2 is 1.93 bits per heavy atom. The number of aryl methyl sites for hydroxylation is 1. The fourth-order valence-corrected chi connectivity index (χ4v) is 1.72. The van der Waals surface area contributed by atoms with Gasteiger partial charge < -0.3 is 0 Å². The molecule has 0 aliphatic carbocycles. The number of rotatable bonds is 4. The van der Waals surface area contributed by atoms with E-state index in [1.807, 2.05) is 0 Å². The number of hydrogen-bond donors (Lipinski definition) is 0. The summed E-state index contributed by atoms with van der Waals surface area (Å²) in [7, 11) is 0. The van der Waals surface area contributed by atoms with Crippen LogP contribution in [0.25, 0.3) is 5.57 Å². The maximum atomic E-state index is 3.95. The highest BCUT2D eigenvalue weighted by atomic mass is 14.1. The van der Waals surface area contributed by atoms with Crippen LogP contribution in [0.5, 0.6) is 0 Å². The Morgan fingerprint density at radius 3 is 2.47 bits per heavy atom. The van der Waals surface area contributed by atoms with Gasteiger partial charge in [-0.05, 0) is 50.3 Å². The molecule has 0 heteroatoms. The summed E-state index contributed by atoms with van der Waals surface area (Å²) in [5.41, 5.74) is 5.41. The Balaban J connectivity index is 2.85. The van der Waals surface area contributed by atoms with Crippen molar-refractivity contribution in [2.45, 2.75) is 33.6 Å². The van der Waals surface area contributed by atoms with E-state index in [9.17, 15) is 0 Å². The third-order valence-electron chi connectivity index (χ3n) is 2.66. The zero-order chi connectivity index (χ0) is 11.3. The topological polar surface area (TPSA) is 0 Å². The molecule has 0 N–H and O–H groups in total. The quantitative estimate of drug-likeness (QED) is 0.615. The average Bonchev–Trinajstić information content (AvgIpc) is 2.21. The molecule has 0 bridgehead atoms. The van der Waals surface area contributed by atoms with Gasteiger partial charge in [-0.2, -0.15) is 0 Å². The highest BCUT2D eigenvalue weighted by molar-refractivity contribution is 5.68. The van der Waals surface area contributed by atoms with Crippen molar-refractivity contribution in [3.63, 3.8) is 0 Å². The van der Waals surface area contributed by atoms with Crippen molar-refractivity contribution >= 4 is 5.57 Å². The molecule has 80 valence electrons. The van der Waals surface area contributed by atoms with Gasteiger partial charge in [0.15, 0.2) is 0 Å². The molecule has 0 aromatic heterocycles. The largest absolute Gasteiger partial charge is 0.100 e. The Kier molecular flexibility index (Phi) is 4.36. The second kappa shape index (κ2) is 5.55. The normalized spacial score (nSPS) is 11.5. The van der Waals surface area contributed by atoms with Crippen LogP contribution in [-0.2, 0) is 0 Å². The molecule has 0 fully saturated rings. The molecular weight excluding hydrogens is 180 g/mol. The molecule has 0 saturated heterocycles. The molecule has 0 spiro atoms. The highest BCUT2D eigenvalue weighted by Gasteiger charge is 2.03. The van der Waals surface area contributed by atoms with Gasteiger partial charge in [0.1, 0.15) is 0 Å². The minimum atomic E-state index is 1.08. The first kappa shape index (κ1) is 11.8. The zero-order valence-corrected chi connectivity index (χ0v) is 10.0. The van der Waals surface area contributed by atoms with Crippen molar-refractivity contribution in [1.82, 2.24) is 0 Å². The fourth-order valence-electron chi connectivity index (χ4n) is 1.72.